The van der Waals surface area contributed by atoms with E-state index < -0.39 is 10.0 Å². The van der Waals surface area contributed by atoms with Crippen molar-refractivity contribution in [3.63, 3.8) is 0 Å². The number of nitrogens with one attached hydrogen (secondary N) is 1. The number of thiophene rings is 1. The van der Waals surface area contributed by atoms with E-state index in [2.05, 4.69) is 9.82 Å². The Hall–Kier alpha value is -2.49. The van der Waals surface area contributed by atoms with E-state index in [1.165, 1.54) is 22.1 Å². The van der Waals surface area contributed by atoms with Gasteiger partial charge in [-0.2, -0.15) is 5.10 Å². The van der Waals surface area contributed by atoms with E-state index in [4.69, 9.17) is 4.74 Å². The number of benzene rings is 1. The lowest BCUT2D eigenvalue weighted by molar-refractivity contribution is 0.415. The van der Waals surface area contributed by atoms with Crippen LogP contribution in [0.25, 0.3) is 11.3 Å². The Morgan fingerprint density at radius 1 is 1.10 bits per heavy atom. The van der Waals surface area contributed by atoms with Crippen molar-refractivity contribution in [1.29, 1.82) is 0 Å². The smallest absolute Gasteiger partial charge is 0.266 e. The van der Waals surface area contributed by atoms with Gasteiger partial charge in [-0.3, -0.25) is 4.79 Å². The maximum atomic E-state index is 12.3. The molecule has 0 saturated carbocycles. The third-order valence-electron chi connectivity index (χ3n) is 4.34. The van der Waals surface area contributed by atoms with Crippen LogP contribution in [0.3, 0.4) is 0 Å². The van der Waals surface area contributed by atoms with Gasteiger partial charge in [0.05, 0.1) is 12.8 Å². The monoisotopic (exact) mass is 433 g/mol. The Morgan fingerprint density at radius 3 is 2.52 bits per heavy atom. The molecule has 0 spiro atoms. The molecule has 0 amide bonds. The predicted octanol–water partition coefficient (Wildman–Crippen LogP) is 2.91. The van der Waals surface area contributed by atoms with Crippen LogP contribution in [0.1, 0.15) is 18.2 Å². The lowest BCUT2D eigenvalue weighted by Crippen LogP contribution is -2.27. The van der Waals surface area contributed by atoms with Gasteiger partial charge < -0.3 is 4.74 Å². The molecule has 2 heterocycles. The van der Waals surface area contributed by atoms with Gasteiger partial charge in [0.1, 0.15) is 9.96 Å². The maximum Gasteiger partial charge on any atom is 0.266 e. The summed E-state index contributed by atoms with van der Waals surface area (Å²) in [6, 6.07) is 14.0. The second kappa shape index (κ2) is 9.34. The van der Waals surface area contributed by atoms with Gasteiger partial charge in [-0.15, -0.1) is 11.3 Å². The van der Waals surface area contributed by atoms with Crippen molar-refractivity contribution < 1.29 is 13.2 Å². The third kappa shape index (κ3) is 5.31. The molecule has 154 valence electrons. The second-order valence-electron chi connectivity index (χ2n) is 6.33. The minimum absolute atomic E-state index is 0.225. The van der Waals surface area contributed by atoms with Crippen molar-refractivity contribution in [2.45, 2.75) is 30.5 Å². The fraction of sp³-hybridized carbons (Fsp3) is 0.300. The van der Waals surface area contributed by atoms with Crippen molar-refractivity contribution in [3.8, 4) is 17.0 Å². The summed E-state index contributed by atoms with van der Waals surface area (Å²) in [6.07, 6.45) is 1.25. The predicted molar refractivity (Wildman–Crippen MR) is 114 cm³/mol. The summed E-state index contributed by atoms with van der Waals surface area (Å²) in [7, 11) is -1.92. The standard InChI is InChI=1S/C20H23N3O4S2/c1-3-17-9-12-20(28-17)29(25,26)21-13-4-14-23-19(24)11-10-18(22-23)15-5-7-16(27-2)8-6-15/h5-12,21H,3-4,13-14H2,1-2H3. The Morgan fingerprint density at radius 2 is 1.86 bits per heavy atom. The summed E-state index contributed by atoms with van der Waals surface area (Å²) >= 11 is 1.27. The number of ether oxygens (including phenoxy) is 1. The highest BCUT2D eigenvalue weighted by Crippen LogP contribution is 2.22. The normalized spacial score (nSPS) is 11.5. The number of methoxy groups -OCH3 is 1. The molecular weight excluding hydrogens is 410 g/mol. The number of aryl methyl sites for hydroxylation is 2. The highest BCUT2D eigenvalue weighted by molar-refractivity contribution is 7.91. The topological polar surface area (TPSA) is 90.3 Å². The molecule has 7 nitrogen and oxygen atoms in total. The summed E-state index contributed by atoms with van der Waals surface area (Å²) in [5.74, 6) is 0.742. The van der Waals surface area contributed by atoms with Crippen molar-refractivity contribution in [1.82, 2.24) is 14.5 Å². The SMILES string of the molecule is CCc1ccc(S(=O)(=O)NCCCn2nc(-c3ccc(OC)cc3)ccc2=O)s1. The number of sulfonamides is 1. The van der Waals surface area contributed by atoms with Crippen molar-refractivity contribution in [3.05, 3.63) is 63.8 Å². The molecule has 0 aliphatic carbocycles. The van der Waals surface area contributed by atoms with Gasteiger partial charge in [0.25, 0.3) is 5.56 Å². The quantitative estimate of drug-likeness (QED) is 0.524. The average molecular weight is 434 g/mol. The van der Waals surface area contributed by atoms with Crippen molar-refractivity contribution in [2.75, 3.05) is 13.7 Å². The summed E-state index contributed by atoms with van der Waals surface area (Å²) in [5, 5.41) is 4.39. The molecule has 0 bridgehead atoms. The summed E-state index contributed by atoms with van der Waals surface area (Å²) in [4.78, 5) is 13.1. The second-order valence-corrected chi connectivity index (χ2v) is 9.50. The highest BCUT2D eigenvalue weighted by atomic mass is 32.2. The molecule has 0 atom stereocenters. The van der Waals surface area contributed by atoms with Crippen molar-refractivity contribution >= 4 is 21.4 Å². The van der Waals surface area contributed by atoms with Gasteiger partial charge in [0, 0.05) is 29.6 Å². The van der Waals surface area contributed by atoms with E-state index in [-0.39, 0.29) is 12.1 Å². The largest absolute Gasteiger partial charge is 0.497 e. The molecule has 0 unspecified atom stereocenters. The third-order valence-corrected chi connectivity index (χ3v) is 7.52. The average Bonchev–Trinajstić information content (AvgIpc) is 3.23. The van der Waals surface area contributed by atoms with Crippen LogP contribution in [0.4, 0.5) is 0 Å². The molecule has 29 heavy (non-hydrogen) atoms. The number of hydrogen-bond donors (Lipinski definition) is 1. The number of rotatable bonds is 9. The molecule has 0 aliphatic rings. The fourth-order valence-corrected chi connectivity index (χ4v) is 5.14. The molecule has 0 aliphatic heterocycles. The molecule has 0 radical (unpaired) electrons. The summed E-state index contributed by atoms with van der Waals surface area (Å²) < 4.78 is 34.1. The zero-order valence-electron chi connectivity index (χ0n) is 16.3. The van der Waals surface area contributed by atoms with Crippen LogP contribution in [0.2, 0.25) is 0 Å². The first-order valence-corrected chi connectivity index (χ1v) is 11.5. The van der Waals surface area contributed by atoms with Gasteiger partial charge in [0.15, 0.2) is 0 Å². The van der Waals surface area contributed by atoms with E-state index >= 15 is 0 Å². The van der Waals surface area contributed by atoms with E-state index in [1.807, 2.05) is 37.3 Å². The fourth-order valence-electron chi connectivity index (χ4n) is 2.72. The van der Waals surface area contributed by atoms with Crippen LogP contribution in [0.15, 0.2) is 57.5 Å². The molecule has 0 saturated heterocycles. The van der Waals surface area contributed by atoms with E-state index in [0.717, 1.165) is 22.6 Å². The molecule has 1 aromatic carbocycles. The summed E-state index contributed by atoms with van der Waals surface area (Å²) in [5.41, 5.74) is 1.30. The first-order chi connectivity index (χ1) is 13.9. The number of hydrogen-bond acceptors (Lipinski definition) is 6. The Bertz CT molecular complexity index is 1120. The van der Waals surface area contributed by atoms with Crippen LogP contribution < -0.4 is 15.0 Å². The van der Waals surface area contributed by atoms with E-state index in [0.29, 0.717) is 22.9 Å². The lowest BCUT2D eigenvalue weighted by Gasteiger charge is -2.08. The highest BCUT2D eigenvalue weighted by Gasteiger charge is 2.15. The van der Waals surface area contributed by atoms with Crippen LogP contribution >= 0.6 is 11.3 Å². The minimum Gasteiger partial charge on any atom is -0.497 e. The molecule has 3 rings (SSSR count). The number of aromatic nitrogens is 2. The van der Waals surface area contributed by atoms with Gasteiger partial charge in [0.2, 0.25) is 10.0 Å². The molecule has 0 fully saturated rings. The molecule has 1 N–H and O–H groups in total. The number of nitrogens with zero attached hydrogens (tertiary/aromatic N) is 2. The zero-order valence-corrected chi connectivity index (χ0v) is 17.9. The molecule has 3 aromatic rings. The van der Waals surface area contributed by atoms with Crippen LogP contribution in [0.5, 0.6) is 5.75 Å². The van der Waals surface area contributed by atoms with E-state index in [1.54, 1.807) is 19.2 Å². The first kappa shape index (κ1) is 21.2. The maximum absolute atomic E-state index is 12.3. The molecular formula is C20H23N3O4S2. The van der Waals surface area contributed by atoms with Gasteiger partial charge in [-0.05, 0) is 55.3 Å². The zero-order chi connectivity index (χ0) is 20.9. The lowest BCUT2D eigenvalue weighted by atomic mass is 10.1. The van der Waals surface area contributed by atoms with Crippen LogP contribution in [0, 0.1) is 0 Å². The first-order valence-electron chi connectivity index (χ1n) is 9.24. The van der Waals surface area contributed by atoms with Crippen LogP contribution in [-0.4, -0.2) is 31.9 Å². The molecule has 9 heteroatoms. The van der Waals surface area contributed by atoms with Gasteiger partial charge >= 0.3 is 0 Å². The summed E-state index contributed by atoms with van der Waals surface area (Å²) in [6.45, 7) is 2.53. The minimum atomic E-state index is -3.52. The van der Waals surface area contributed by atoms with Gasteiger partial charge in [-0.1, -0.05) is 6.92 Å². The van der Waals surface area contributed by atoms with E-state index in [9.17, 15) is 13.2 Å². The van der Waals surface area contributed by atoms with Crippen molar-refractivity contribution in [2.24, 2.45) is 0 Å². The molecule has 2 aromatic heterocycles. The van der Waals surface area contributed by atoms with Gasteiger partial charge in [-0.25, -0.2) is 17.8 Å². The Labute approximate surface area is 174 Å². The Kier molecular flexibility index (Phi) is 6.83. The van der Waals surface area contributed by atoms with Crippen LogP contribution in [-0.2, 0) is 23.0 Å². The Balaban J connectivity index is 1.62.